The van der Waals surface area contributed by atoms with Gasteiger partial charge in [0, 0.05) is 5.56 Å². The van der Waals surface area contributed by atoms with Crippen LogP contribution in [0, 0.1) is 0 Å². The summed E-state index contributed by atoms with van der Waals surface area (Å²) in [6, 6.07) is 14.7. The van der Waals surface area contributed by atoms with Gasteiger partial charge >= 0.3 is 5.97 Å². The maximum atomic E-state index is 11.7. The molecule has 1 aliphatic heterocycles. The number of phenolic OH excluding ortho intramolecular Hbond substituents is 1. The molecule has 3 nitrogen and oxygen atoms in total. The van der Waals surface area contributed by atoms with Crippen molar-refractivity contribution in [2.24, 2.45) is 0 Å². The molecule has 1 heterocycles. The van der Waals surface area contributed by atoms with Crippen molar-refractivity contribution in [1.29, 1.82) is 0 Å². The van der Waals surface area contributed by atoms with Crippen molar-refractivity contribution in [3.05, 3.63) is 65.2 Å². The molecule has 0 unspecified atom stereocenters. The molecule has 0 bridgehead atoms. The van der Waals surface area contributed by atoms with Gasteiger partial charge in [-0.1, -0.05) is 36.4 Å². The Hall–Kier alpha value is -2.29. The van der Waals surface area contributed by atoms with Crippen molar-refractivity contribution in [3.8, 4) is 5.75 Å². The lowest BCUT2D eigenvalue weighted by Crippen LogP contribution is -2.00. The Morgan fingerprint density at radius 2 is 1.79 bits per heavy atom. The van der Waals surface area contributed by atoms with Gasteiger partial charge in [-0.15, -0.1) is 0 Å². The Labute approximate surface area is 111 Å². The van der Waals surface area contributed by atoms with E-state index in [9.17, 15) is 9.90 Å². The summed E-state index contributed by atoms with van der Waals surface area (Å²) < 4.78 is 5.37. The summed E-state index contributed by atoms with van der Waals surface area (Å²) in [5, 5.41) is 9.72. The van der Waals surface area contributed by atoms with Gasteiger partial charge in [-0.2, -0.15) is 0 Å². The predicted molar refractivity (Wildman–Crippen MR) is 71.0 cm³/mol. The quantitative estimate of drug-likeness (QED) is 0.855. The second kappa shape index (κ2) is 4.76. The summed E-state index contributed by atoms with van der Waals surface area (Å²) in [5.74, 6) is 0.0398. The number of aryl methyl sites for hydroxylation is 1. The Morgan fingerprint density at radius 3 is 2.63 bits per heavy atom. The topological polar surface area (TPSA) is 46.5 Å². The third kappa shape index (κ3) is 2.19. The summed E-state index contributed by atoms with van der Waals surface area (Å²) >= 11 is 0. The number of esters is 1. The first kappa shape index (κ1) is 11.8. The lowest BCUT2D eigenvalue weighted by atomic mass is 9.99. The van der Waals surface area contributed by atoms with Gasteiger partial charge in [-0.05, 0) is 30.5 Å². The number of ether oxygens (including phenoxy) is 1. The molecule has 96 valence electrons. The minimum Gasteiger partial charge on any atom is -0.508 e. The second-order valence-corrected chi connectivity index (χ2v) is 4.65. The maximum Gasteiger partial charge on any atom is 0.339 e. The van der Waals surface area contributed by atoms with Crippen molar-refractivity contribution in [1.82, 2.24) is 0 Å². The summed E-state index contributed by atoms with van der Waals surface area (Å²) in [5.41, 5.74) is 2.48. The van der Waals surface area contributed by atoms with E-state index in [-0.39, 0.29) is 12.1 Å². The number of carbonyl (C=O) groups is 1. The van der Waals surface area contributed by atoms with Gasteiger partial charge in [0.05, 0.1) is 5.56 Å². The molecule has 3 heteroatoms. The number of phenols is 1. The minimum atomic E-state index is -0.252. The molecule has 0 radical (unpaired) electrons. The van der Waals surface area contributed by atoms with Crippen LogP contribution < -0.4 is 0 Å². The number of carbonyl (C=O) groups excluding carboxylic acids is 1. The van der Waals surface area contributed by atoms with Crippen LogP contribution in [0.1, 0.15) is 34.0 Å². The molecular weight excluding hydrogens is 240 g/mol. The normalized spacial score (nSPS) is 17.1. The van der Waals surface area contributed by atoms with E-state index in [0.717, 1.165) is 11.1 Å². The largest absolute Gasteiger partial charge is 0.508 e. The minimum absolute atomic E-state index is 0.205. The van der Waals surface area contributed by atoms with E-state index < -0.39 is 0 Å². The number of rotatable bonds is 3. The van der Waals surface area contributed by atoms with E-state index in [1.807, 2.05) is 30.3 Å². The molecule has 0 saturated carbocycles. The highest BCUT2D eigenvalue weighted by Gasteiger charge is 2.30. The molecule has 0 saturated heterocycles. The zero-order chi connectivity index (χ0) is 13.2. The zero-order valence-corrected chi connectivity index (χ0v) is 10.4. The van der Waals surface area contributed by atoms with Gasteiger partial charge in [0.1, 0.15) is 11.9 Å². The van der Waals surface area contributed by atoms with Gasteiger partial charge in [0.2, 0.25) is 0 Å². The summed E-state index contributed by atoms with van der Waals surface area (Å²) in [6.07, 6.45) is 1.16. The lowest BCUT2D eigenvalue weighted by molar-refractivity contribution is 0.0369. The lowest BCUT2D eigenvalue weighted by Gasteiger charge is -2.11. The number of fused-ring (bicyclic) bond motifs is 1. The third-order valence-electron chi connectivity index (χ3n) is 3.44. The van der Waals surface area contributed by atoms with Crippen molar-refractivity contribution in [3.63, 3.8) is 0 Å². The Kier molecular flexibility index (Phi) is 2.95. The SMILES string of the molecule is O=C1O[C@H](CCc2ccccc2O)c2ccccc21. The van der Waals surface area contributed by atoms with Gasteiger partial charge in [-0.25, -0.2) is 4.79 Å². The molecule has 0 aromatic heterocycles. The van der Waals surface area contributed by atoms with Crippen molar-refractivity contribution < 1.29 is 14.6 Å². The molecule has 2 aromatic carbocycles. The molecule has 0 spiro atoms. The van der Waals surface area contributed by atoms with Crippen LogP contribution in [0.2, 0.25) is 0 Å². The Bertz CT molecular complexity index is 619. The molecule has 3 rings (SSSR count). The van der Waals surface area contributed by atoms with Crippen LogP contribution in [-0.2, 0) is 11.2 Å². The van der Waals surface area contributed by atoms with Crippen LogP contribution in [0.15, 0.2) is 48.5 Å². The first-order chi connectivity index (χ1) is 9.25. The fourth-order valence-electron chi connectivity index (χ4n) is 2.44. The Morgan fingerprint density at radius 1 is 1.05 bits per heavy atom. The van der Waals surface area contributed by atoms with E-state index >= 15 is 0 Å². The van der Waals surface area contributed by atoms with E-state index in [4.69, 9.17) is 4.74 Å². The average Bonchev–Trinajstić information content (AvgIpc) is 2.75. The number of hydrogen-bond donors (Lipinski definition) is 1. The molecule has 1 atom stereocenters. The second-order valence-electron chi connectivity index (χ2n) is 4.65. The van der Waals surface area contributed by atoms with Crippen LogP contribution in [0.5, 0.6) is 5.75 Å². The van der Waals surface area contributed by atoms with Crippen molar-refractivity contribution in [2.75, 3.05) is 0 Å². The zero-order valence-electron chi connectivity index (χ0n) is 10.4. The van der Waals surface area contributed by atoms with Crippen LogP contribution in [-0.4, -0.2) is 11.1 Å². The average molecular weight is 254 g/mol. The van der Waals surface area contributed by atoms with E-state index in [0.29, 0.717) is 24.2 Å². The molecule has 2 aromatic rings. The molecule has 1 N–H and O–H groups in total. The number of hydrogen-bond acceptors (Lipinski definition) is 3. The Balaban J connectivity index is 1.76. The summed E-state index contributed by atoms with van der Waals surface area (Å²) in [4.78, 5) is 11.7. The predicted octanol–water partition coefficient (Wildman–Crippen LogP) is 3.24. The molecule has 0 fully saturated rings. The molecule has 0 aliphatic carbocycles. The third-order valence-corrected chi connectivity index (χ3v) is 3.44. The van der Waals surface area contributed by atoms with Crippen molar-refractivity contribution >= 4 is 5.97 Å². The standard InChI is InChI=1S/C16H14O3/c17-14-8-4-1-5-11(14)9-10-15-12-6-2-3-7-13(12)16(18)19-15/h1-8,15,17H,9-10H2/t15-/m1/s1. The summed E-state index contributed by atoms with van der Waals surface area (Å²) in [7, 11) is 0. The van der Waals surface area contributed by atoms with E-state index in [1.165, 1.54) is 0 Å². The van der Waals surface area contributed by atoms with Crippen LogP contribution in [0.25, 0.3) is 0 Å². The first-order valence-electron chi connectivity index (χ1n) is 6.32. The molecule has 19 heavy (non-hydrogen) atoms. The summed E-state index contributed by atoms with van der Waals surface area (Å²) in [6.45, 7) is 0. The number of cyclic esters (lactones) is 1. The van der Waals surface area contributed by atoms with Crippen LogP contribution >= 0.6 is 0 Å². The fraction of sp³-hybridized carbons (Fsp3) is 0.188. The van der Waals surface area contributed by atoms with Gasteiger partial charge in [0.25, 0.3) is 0 Å². The van der Waals surface area contributed by atoms with Crippen LogP contribution in [0.4, 0.5) is 0 Å². The molecule has 0 amide bonds. The van der Waals surface area contributed by atoms with Gasteiger partial charge in [-0.3, -0.25) is 0 Å². The monoisotopic (exact) mass is 254 g/mol. The highest BCUT2D eigenvalue weighted by molar-refractivity contribution is 5.93. The molecule has 1 aliphatic rings. The fourth-order valence-corrected chi connectivity index (χ4v) is 2.44. The molecular formula is C16H14O3. The first-order valence-corrected chi connectivity index (χ1v) is 6.32. The van der Waals surface area contributed by atoms with E-state index in [2.05, 4.69) is 0 Å². The van der Waals surface area contributed by atoms with E-state index in [1.54, 1.807) is 18.2 Å². The highest BCUT2D eigenvalue weighted by Crippen LogP contribution is 2.34. The number of aromatic hydroxyl groups is 1. The smallest absolute Gasteiger partial charge is 0.339 e. The number of benzene rings is 2. The van der Waals surface area contributed by atoms with Crippen molar-refractivity contribution in [2.45, 2.75) is 18.9 Å². The van der Waals surface area contributed by atoms with Crippen LogP contribution in [0.3, 0.4) is 0 Å². The van der Waals surface area contributed by atoms with Gasteiger partial charge in [0.15, 0.2) is 0 Å². The number of para-hydroxylation sites is 1. The van der Waals surface area contributed by atoms with Gasteiger partial charge < -0.3 is 9.84 Å². The highest BCUT2D eigenvalue weighted by atomic mass is 16.5. The maximum absolute atomic E-state index is 11.7.